The molecule has 0 atom stereocenters. The Morgan fingerprint density at radius 3 is 1.48 bits per heavy atom. The Morgan fingerprint density at radius 2 is 1.00 bits per heavy atom. The molecule has 0 aromatic carbocycles. The van der Waals surface area contributed by atoms with Crippen LogP contribution >= 0.6 is 0 Å². The van der Waals surface area contributed by atoms with Crippen LogP contribution in [-0.4, -0.2) is 0 Å². The molecule has 3 aliphatic carbocycles. The van der Waals surface area contributed by atoms with Crippen molar-refractivity contribution in [3.63, 3.8) is 0 Å². The summed E-state index contributed by atoms with van der Waals surface area (Å²) in [6.45, 7) is 6.65. The molecule has 0 spiro atoms. The Balaban J connectivity index is 0.00000192. The summed E-state index contributed by atoms with van der Waals surface area (Å²) in [5.74, 6) is 6.16. The zero-order valence-electron chi connectivity index (χ0n) is 15.6. The zero-order valence-corrected chi connectivity index (χ0v) is 18.5. The van der Waals surface area contributed by atoms with Crippen LogP contribution in [0.2, 0.25) is 0 Å². The molecular formula is C22H39Y+2. The Hall–Kier alpha value is 1.10. The maximum atomic E-state index is 4.27. The summed E-state index contributed by atoms with van der Waals surface area (Å²) in [5, 5.41) is 0. The summed E-state index contributed by atoms with van der Waals surface area (Å²) in [6.07, 6.45) is 21.2. The number of rotatable bonds is 4. The van der Waals surface area contributed by atoms with E-state index in [2.05, 4.69) is 13.8 Å². The molecule has 1 heteroatoms. The monoisotopic (exact) mass is 392 g/mol. The van der Waals surface area contributed by atoms with Crippen LogP contribution in [0.25, 0.3) is 0 Å². The predicted octanol–water partition coefficient (Wildman–Crippen LogP) is 7.04. The van der Waals surface area contributed by atoms with E-state index in [1.54, 1.807) is 44.9 Å². The molecule has 0 bridgehead atoms. The molecular weight excluding hydrogens is 353 g/mol. The maximum Gasteiger partial charge on any atom is 3.00 e. The van der Waals surface area contributed by atoms with Crippen molar-refractivity contribution in [1.29, 1.82) is 0 Å². The maximum absolute atomic E-state index is 4.27. The van der Waals surface area contributed by atoms with E-state index in [-0.39, 0.29) is 32.7 Å². The van der Waals surface area contributed by atoms with Gasteiger partial charge in [-0.05, 0) is 48.9 Å². The van der Waals surface area contributed by atoms with Gasteiger partial charge in [0.25, 0.3) is 0 Å². The van der Waals surface area contributed by atoms with Crippen LogP contribution in [0.1, 0.15) is 96.8 Å². The van der Waals surface area contributed by atoms with Gasteiger partial charge in [0, 0.05) is 0 Å². The average molecular weight is 392 g/mol. The Morgan fingerprint density at radius 1 is 0.609 bits per heavy atom. The minimum absolute atomic E-state index is 0. The van der Waals surface area contributed by atoms with E-state index in [4.69, 9.17) is 0 Å². The normalized spacial score (nSPS) is 42.0. The molecule has 23 heavy (non-hydrogen) atoms. The van der Waals surface area contributed by atoms with Gasteiger partial charge in [-0.2, -0.15) is 5.92 Å². The third-order valence-electron chi connectivity index (χ3n) is 7.66. The van der Waals surface area contributed by atoms with Crippen LogP contribution in [0.15, 0.2) is 0 Å². The van der Waals surface area contributed by atoms with Crippen molar-refractivity contribution in [2.45, 2.75) is 96.8 Å². The standard InChI is InChI=1S/C22H39.Y/c1-3-18-6-8-19(9-7-18)16-20-10-14-22(15-11-20)21-12-4-17(2)5-13-21;/h17-22H,2-16H2,1H3;/q-1;+3. The topological polar surface area (TPSA) is 0 Å². The van der Waals surface area contributed by atoms with Gasteiger partial charge >= 0.3 is 32.7 Å². The van der Waals surface area contributed by atoms with E-state index in [0.29, 0.717) is 0 Å². The van der Waals surface area contributed by atoms with E-state index in [0.717, 1.165) is 35.5 Å². The predicted molar refractivity (Wildman–Crippen MR) is 96.6 cm³/mol. The molecule has 0 aromatic heterocycles. The van der Waals surface area contributed by atoms with E-state index in [9.17, 15) is 0 Å². The van der Waals surface area contributed by atoms with Gasteiger partial charge in [0.05, 0.1) is 0 Å². The number of hydrogen-bond acceptors (Lipinski definition) is 0. The van der Waals surface area contributed by atoms with E-state index < -0.39 is 0 Å². The van der Waals surface area contributed by atoms with Crippen molar-refractivity contribution in [2.75, 3.05) is 0 Å². The van der Waals surface area contributed by atoms with Crippen LogP contribution in [0.4, 0.5) is 0 Å². The summed E-state index contributed by atoms with van der Waals surface area (Å²) in [4.78, 5) is 0. The summed E-state index contributed by atoms with van der Waals surface area (Å²) < 4.78 is 0. The first-order valence-electron chi connectivity index (χ1n) is 10.6. The largest absolute Gasteiger partial charge is 3.00 e. The summed E-state index contributed by atoms with van der Waals surface area (Å²) in [7, 11) is 0. The molecule has 3 fully saturated rings. The van der Waals surface area contributed by atoms with Crippen LogP contribution in [0, 0.1) is 42.4 Å². The van der Waals surface area contributed by atoms with Gasteiger partial charge in [0.15, 0.2) is 0 Å². The third kappa shape index (κ3) is 6.09. The van der Waals surface area contributed by atoms with Gasteiger partial charge < -0.3 is 6.92 Å². The third-order valence-corrected chi connectivity index (χ3v) is 7.66. The van der Waals surface area contributed by atoms with E-state index >= 15 is 0 Å². The first-order chi connectivity index (χ1) is 10.7. The molecule has 3 saturated carbocycles. The molecule has 0 N–H and O–H groups in total. The molecule has 0 aliphatic heterocycles. The Bertz CT molecular complexity index is 302. The van der Waals surface area contributed by atoms with E-state index in [1.165, 1.54) is 44.9 Å². The fourth-order valence-electron chi connectivity index (χ4n) is 5.90. The molecule has 0 heterocycles. The van der Waals surface area contributed by atoms with Crippen molar-refractivity contribution < 1.29 is 32.7 Å². The molecule has 3 aliphatic rings. The van der Waals surface area contributed by atoms with Crippen molar-refractivity contribution in [1.82, 2.24) is 0 Å². The van der Waals surface area contributed by atoms with Gasteiger partial charge in [0.2, 0.25) is 0 Å². The minimum Gasteiger partial charge on any atom is -0.340 e. The van der Waals surface area contributed by atoms with Crippen LogP contribution in [0.3, 0.4) is 0 Å². The minimum atomic E-state index is 0. The van der Waals surface area contributed by atoms with E-state index in [1.807, 2.05) is 0 Å². The van der Waals surface area contributed by atoms with Crippen molar-refractivity contribution in [3.8, 4) is 0 Å². The molecule has 0 aromatic rings. The summed E-state index contributed by atoms with van der Waals surface area (Å²) in [5.41, 5.74) is 0. The van der Waals surface area contributed by atoms with Crippen LogP contribution < -0.4 is 0 Å². The Labute approximate surface area is 171 Å². The average Bonchev–Trinajstić information content (AvgIpc) is 2.57. The fraction of sp³-hybridized carbons (Fsp3) is 0.955. The van der Waals surface area contributed by atoms with Crippen LogP contribution in [-0.2, 0) is 32.7 Å². The molecule has 128 valence electrons. The molecule has 0 amide bonds. The van der Waals surface area contributed by atoms with Gasteiger partial charge in [-0.15, -0.1) is 0 Å². The second-order valence-electron chi connectivity index (χ2n) is 9.09. The molecule has 0 radical (unpaired) electrons. The van der Waals surface area contributed by atoms with Crippen molar-refractivity contribution in [2.24, 2.45) is 35.5 Å². The van der Waals surface area contributed by atoms with Gasteiger partial charge in [-0.25, -0.2) is 0 Å². The second kappa shape index (κ2) is 10.3. The summed E-state index contributed by atoms with van der Waals surface area (Å²) in [6, 6.07) is 0. The molecule has 0 unspecified atom stereocenters. The fourth-order valence-corrected chi connectivity index (χ4v) is 5.90. The SMILES string of the molecule is [CH2-]C1CCC(C2CCC(CC3CCC(CC)CC3)CC2)CC1.[Y+3]. The molecule has 0 saturated heterocycles. The smallest absolute Gasteiger partial charge is 0.340 e. The van der Waals surface area contributed by atoms with Crippen molar-refractivity contribution >= 4 is 0 Å². The summed E-state index contributed by atoms with van der Waals surface area (Å²) >= 11 is 0. The molecule has 0 nitrogen and oxygen atoms in total. The van der Waals surface area contributed by atoms with Gasteiger partial charge in [-0.3, -0.25) is 0 Å². The number of hydrogen-bond donors (Lipinski definition) is 0. The first-order valence-corrected chi connectivity index (χ1v) is 10.6. The van der Waals surface area contributed by atoms with Crippen molar-refractivity contribution in [3.05, 3.63) is 6.92 Å². The van der Waals surface area contributed by atoms with Gasteiger partial charge in [-0.1, -0.05) is 77.6 Å². The second-order valence-corrected chi connectivity index (χ2v) is 9.09. The quantitative estimate of drug-likeness (QED) is 0.450. The molecule has 3 rings (SSSR count). The van der Waals surface area contributed by atoms with Gasteiger partial charge in [0.1, 0.15) is 0 Å². The Kier molecular flexibility index (Phi) is 9.14. The zero-order chi connectivity index (χ0) is 15.4. The first kappa shape index (κ1) is 20.4. The van der Waals surface area contributed by atoms with Crippen LogP contribution in [0.5, 0.6) is 0 Å².